The van der Waals surface area contributed by atoms with Gasteiger partial charge in [-0.2, -0.15) is 0 Å². The van der Waals surface area contributed by atoms with Crippen LogP contribution in [0.4, 0.5) is 0 Å². The number of nitrogens with one attached hydrogen (secondary N) is 1. The lowest BCUT2D eigenvalue weighted by Gasteiger charge is -2.43. The molecule has 1 atom stereocenters. The fourth-order valence-electron chi connectivity index (χ4n) is 4.43. The van der Waals surface area contributed by atoms with Crippen LogP contribution in [-0.2, 0) is 26.3 Å². The number of rotatable bonds is 5. The van der Waals surface area contributed by atoms with Gasteiger partial charge < -0.3 is 19.9 Å². The zero-order valence-corrected chi connectivity index (χ0v) is 16.9. The maximum absolute atomic E-state index is 12.7. The van der Waals surface area contributed by atoms with Crippen molar-refractivity contribution < 1.29 is 24.2 Å². The third-order valence-electron chi connectivity index (χ3n) is 5.98. The molecular weight excluding hydrogens is 380 g/mol. The average Bonchev–Trinajstić information content (AvgIpc) is 3.15. The van der Waals surface area contributed by atoms with Crippen LogP contribution in [-0.4, -0.2) is 67.4 Å². The lowest BCUT2D eigenvalue weighted by atomic mass is 9.85. The largest absolute Gasteiger partial charge is 0.480 e. The van der Waals surface area contributed by atoms with E-state index in [9.17, 15) is 9.59 Å². The number of fused-ring (bicyclic) bond motifs is 2. The number of amides is 1. The summed E-state index contributed by atoms with van der Waals surface area (Å²) in [5, 5.41) is 12.0. The highest BCUT2D eigenvalue weighted by atomic mass is 32.1. The molecule has 0 saturated carbocycles. The number of hydrogen-bond donors (Lipinski definition) is 2. The first kappa shape index (κ1) is 19.8. The third kappa shape index (κ3) is 4.25. The number of aliphatic carboxylic acids is 1. The highest BCUT2D eigenvalue weighted by molar-refractivity contribution is 7.14. The van der Waals surface area contributed by atoms with Gasteiger partial charge in [-0.3, -0.25) is 14.5 Å². The van der Waals surface area contributed by atoms with E-state index in [2.05, 4.69) is 5.32 Å². The van der Waals surface area contributed by atoms with E-state index in [0.29, 0.717) is 26.2 Å². The second-order valence-corrected chi connectivity index (χ2v) is 8.98. The molecular formula is C20H28N2O5S. The van der Waals surface area contributed by atoms with E-state index in [1.165, 1.54) is 16.9 Å². The van der Waals surface area contributed by atoms with Crippen LogP contribution in [0.5, 0.6) is 0 Å². The molecule has 7 nitrogen and oxygen atoms in total. The Bertz CT molecular complexity index is 720. The minimum absolute atomic E-state index is 0.0352. The zero-order chi connectivity index (χ0) is 19.6. The topological polar surface area (TPSA) is 88.1 Å². The minimum Gasteiger partial charge on any atom is -0.480 e. The van der Waals surface area contributed by atoms with Crippen molar-refractivity contribution >= 4 is 23.2 Å². The van der Waals surface area contributed by atoms with Gasteiger partial charge in [-0.1, -0.05) is 0 Å². The van der Waals surface area contributed by atoms with E-state index in [1.54, 1.807) is 0 Å². The Morgan fingerprint density at radius 1 is 1.29 bits per heavy atom. The smallest absolute Gasteiger partial charge is 0.317 e. The molecule has 1 aromatic heterocycles. The second kappa shape index (κ2) is 8.49. The van der Waals surface area contributed by atoms with Crippen molar-refractivity contribution in [3.05, 3.63) is 21.4 Å². The van der Waals surface area contributed by atoms with Crippen molar-refractivity contribution in [2.45, 2.75) is 50.2 Å². The first-order chi connectivity index (χ1) is 13.6. The first-order valence-electron chi connectivity index (χ1n) is 10.2. The Labute approximate surface area is 169 Å². The number of carbonyl (C=O) groups excluding carboxylic acids is 1. The molecule has 3 aliphatic rings. The van der Waals surface area contributed by atoms with Crippen LogP contribution in [0, 0.1) is 0 Å². The molecule has 1 amide bonds. The Balaban J connectivity index is 1.41. The van der Waals surface area contributed by atoms with E-state index >= 15 is 0 Å². The summed E-state index contributed by atoms with van der Waals surface area (Å²) in [4.78, 5) is 27.5. The summed E-state index contributed by atoms with van der Waals surface area (Å²) in [7, 11) is 0. The second-order valence-electron chi connectivity index (χ2n) is 7.93. The van der Waals surface area contributed by atoms with Crippen LogP contribution < -0.4 is 5.32 Å². The van der Waals surface area contributed by atoms with Crippen LogP contribution in [0.15, 0.2) is 6.07 Å². The third-order valence-corrected chi connectivity index (χ3v) is 7.34. The molecule has 0 aromatic carbocycles. The Morgan fingerprint density at radius 2 is 2.11 bits per heavy atom. The number of thiophene rings is 1. The van der Waals surface area contributed by atoms with Gasteiger partial charge in [-0.15, -0.1) is 11.3 Å². The van der Waals surface area contributed by atoms with Crippen LogP contribution in [0.1, 0.15) is 52.2 Å². The van der Waals surface area contributed by atoms with Crippen molar-refractivity contribution in [2.75, 3.05) is 39.4 Å². The summed E-state index contributed by atoms with van der Waals surface area (Å²) in [6.07, 6.45) is 5.76. The minimum atomic E-state index is -0.793. The summed E-state index contributed by atoms with van der Waals surface area (Å²) in [5.74, 6) is -0.828. The maximum Gasteiger partial charge on any atom is 0.317 e. The van der Waals surface area contributed by atoms with E-state index in [0.717, 1.165) is 54.9 Å². The van der Waals surface area contributed by atoms with E-state index in [-0.39, 0.29) is 24.2 Å². The molecule has 0 aliphatic carbocycles. The Morgan fingerprint density at radius 3 is 2.82 bits per heavy atom. The first-order valence-corrected chi connectivity index (χ1v) is 11.0. The van der Waals surface area contributed by atoms with Gasteiger partial charge in [0.1, 0.15) is 5.60 Å². The SMILES string of the molecule is O=C(O)CN1CCC2(CC1)OCCc1cc(C(=O)NCC3CCCCO3)sc12. The van der Waals surface area contributed by atoms with Crippen LogP contribution in [0.2, 0.25) is 0 Å². The number of carboxylic acid groups (broad SMARTS) is 1. The molecule has 4 rings (SSSR count). The summed E-state index contributed by atoms with van der Waals surface area (Å²) in [5.41, 5.74) is 0.847. The molecule has 1 unspecified atom stereocenters. The molecule has 0 bridgehead atoms. The van der Waals surface area contributed by atoms with Crippen LogP contribution >= 0.6 is 11.3 Å². The van der Waals surface area contributed by atoms with E-state index < -0.39 is 5.97 Å². The van der Waals surface area contributed by atoms with Gasteiger partial charge in [0.05, 0.1) is 24.1 Å². The molecule has 154 valence electrons. The fourth-order valence-corrected chi connectivity index (χ4v) is 5.76. The van der Waals surface area contributed by atoms with Crippen molar-refractivity contribution in [2.24, 2.45) is 0 Å². The van der Waals surface area contributed by atoms with Gasteiger partial charge in [-0.25, -0.2) is 0 Å². The van der Waals surface area contributed by atoms with E-state index in [1.807, 2.05) is 11.0 Å². The Kier molecular flexibility index (Phi) is 6.01. The zero-order valence-electron chi connectivity index (χ0n) is 16.1. The van der Waals surface area contributed by atoms with Crippen molar-refractivity contribution in [3.8, 4) is 0 Å². The van der Waals surface area contributed by atoms with Crippen LogP contribution in [0.3, 0.4) is 0 Å². The molecule has 8 heteroatoms. The number of carbonyl (C=O) groups is 2. The van der Waals surface area contributed by atoms with E-state index in [4.69, 9.17) is 14.6 Å². The van der Waals surface area contributed by atoms with Gasteiger partial charge in [0, 0.05) is 31.1 Å². The number of likely N-dealkylation sites (tertiary alicyclic amines) is 1. The maximum atomic E-state index is 12.7. The fraction of sp³-hybridized carbons (Fsp3) is 0.700. The predicted octanol–water partition coefficient (Wildman–Crippen LogP) is 2.00. The summed E-state index contributed by atoms with van der Waals surface area (Å²) in [6.45, 7) is 3.47. The van der Waals surface area contributed by atoms with Crippen molar-refractivity contribution in [1.82, 2.24) is 10.2 Å². The normalized spacial score (nSPS) is 24.6. The average molecular weight is 409 g/mol. The lowest BCUT2D eigenvalue weighted by molar-refractivity contribution is -0.141. The number of carboxylic acids is 1. The quantitative estimate of drug-likeness (QED) is 0.775. The lowest BCUT2D eigenvalue weighted by Crippen LogP contribution is -2.47. The van der Waals surface area contributed by atoms with Crippen LogP contribution in [0.25, 0.3) is 0 Å². The Hall–Kier alpha value is -1.48. The number of piperidine rings is 1. The van der Waals surface area contributed by atoms with Crippen molar-refractivity contribution in [3.63, 3.8) is 0 Å². The molecule has 1 spiro atoms. The summed E-state index contributed by atoms with van der Waals surface area (Å²) in [6, 6.07) is 2.02. The van der Waals surface area contributed by atoms with Gasteiger partial charge >= 0.3 is 5.97 Å². The number of ether oxygens (including phenoxy) is 2. The standard InChI is InChI=1S/C20H28N2O5S/c23-17(24)13-22-7-5-20(6-8-22)18-14(4-10-27-20)11-16(28-18)19(25)21-12-15-3-1-2-9-26-15/h11,15H,1-10,12-13H2,(H,21,25)(H,23,24). The molecule has 2 fully saturated rings. The highest BCUT2D eigenvalue weighted by Gasteiger charge is 2.43. The van der Waals surface area contributed by atoms with Gasteiger partial charge in [0.25, 0.3) is 5.91 Å². The number of nitrogens with zero attached hydrogens (tertiary/aromatic N) is 1. The molecule has 28 heavy (non-hydrogen) atoms. The monoisotopic (exact) mass is 408 g/mol. The van der Waals surface area contributed by atoms with Gasteiger partial charge in [0.15, 0.2) is 0 Å². The summed E-state index contributed by atoms with van der Waals surface area (Å²) < 4.78 is 11.9. The molecule has 1 aromatic rings. The van der Waals surface area contributed by atoms with Gasteiger partial charge in [0.2, 0.25) is 0 Å². The number of hydrogen-bond acceptors (Lipinski definition) is 6. The molecule has 3 aliphatic heterocycles. The predicted molar refractivity (Wildman–Crippen MR) is 105 cm³/mol. The summed E-state index contributed by atoms with van der Waals surface area (Å²) >= 11 is 1.54. The molecule has 4 heterocycles. The van der Waals surface area contributed by atoms with Gasteiger partial charge in [-0.05, 0) is 50.2 Å². The van der Waals surface area contributed by atoms with Crippen molar-refractivity contribution in [1.29, 1.82) is 0 Å². The molecule has 0 radical (unpaired) electrons. The molecule has 2 N–H and O–H groups in total. The molecule has 2 saturated heterocycles. The highest BCUT2D eigenvalue weighted by Crippen LogP contribution is 2.45.